The summed E-state index contributed by atoms with van der Waals surface area (Å²) in [6.45, 7) is 7.67. The van der Waals surface area contributed by atoms with Crippen molar-refractivity contribution in [3.05, 3.63) is 67.4 Å². The summed E-state index contributed by atoms with van der Waals surface area (Å²) >= 11 is 0. The normalized spacial score (nSPS) is 17.4. The van der Waals surface area contributed by atoms with Gasteiger partial charge >= 0.3 is 11.3 Å². The second-order valence-corrected chi connectivity index (χ2v) is 11.4. The first-order chi connectivity index (χ1) is 21.0. The summed E-state index contributed by atoms with van der Waals surface area (Å²) in [7, 11) is 0. The van der Waals surface area contributed by atoms with Crippen molar-refractivity contribution in [1.82, 2.24) is 0 Å². The van der Waals surface area contributed by atoms with Crippen molar-refractivity contribution < 1.29 is 38.1 Å². The molecule has 4 aromatic rings. The molecule has 0 saturated carbocycles. The van der Waals surface area contributed by atoms with Crippen LogP contribution in [0.5, 0.6) is 23.0 Å². The minimum Gasteiger partial charge on any atom is -0.507 e. The standard InChI is InChI=1S/2C17H18O5/c1-3-4-5-10-7-14(19)22-12-8-13-16(17(20)15(10)12)11(18)6-9(2)21-13;1-3-4-5-10-7-14(20)22-17-15(10)12(19)8-13-16(17)11(18)6-9(2)21-13/h7-9,20H,3-6H2,1-2H3;7-9,19H,3-6H2,1-2H3. The van der Waals surface area contributed by atoms with E-state index in [4.69, 9.17) is 18.3 Å². The van der Waals surface area contributed by atoms with Crippen LogP contribution >= 0.6 is 0 Å². The number of rotatable bonds is 6. The number of unbranched alkanes of at least 4 members (excludes halogenated alkanes) is 2. The van der Waals surface area contributed by atoms with Gasteiger partial charge in [0.15, 0.2) is 17.1 Å². The van der Waals surface area contributed by atoms with Crippen LogP contribution in [0.4, 0.5) is 0 Å². The van der Waals surface area contributed by atoms with Crippen LogP contribution < -0.4 is 20.7 Å². The summed E-state index contributed by atoms with van der Waals surface area (Å²) < 4.78 is 21.7. The van der Waals surface area contributed by atoms with Gasteiger partial charge < -0.3 is 28.5 Å². The van der Waals surface area contributed by atoms with Crippen molar-refractivity contribution in [2.45, 2.75) is 91.3 Å². The molecule has 6 rings (SSSR count). The van der Waals surface area contributed by atoms with Gasteiger partial charge in [-0.15, -0.1) is 0 Å². The average Bonchev–Trinajstić information content (AvgIpc) is 2.93. The van der Waals surface area contributed by atoms with Gasteiger partial charge in [0, 0.05) is 37.1 Å². The van der Waals surface area contributed by atoms with E-state index in [-0.39, 0.29) is 81.9 Å². The van der Waals surface area contributed by atoms with Crippen LogP contribution in [0.1, 0.15) is 98.1 Å². The van der Waals surface area contributed by atoms with Crippen LogP contribution in [-0.2, 0) is 12.8 Å². The fraction of sp³-hybridized carbons (Fsp3) is 0.412. The van der Waals surface area contributed by atoms with Gasteiger partial charge in [0.1, 0.15) is 51.9 Å². The predicted octanol–water partition coefficient (Wildman–Crippen LogP) is 6.39. The Labute approximate surface area is 253 Å². The molecule has 0 saturated heterocycles. The number of fused-ring (bicyclic) bond motifs is 5. The van der Waals surface area contributed by atoms with E-state index in [1.54, 1.807) is 13.8 Å². The number of phenols is 2. The highest BCUT2D eigenvalue weighted by Crippen LogP contribution is 2.42. The number of phenolic OH excluding ortho intramolecular Hbond substituents is 2. The lowest BCUT2D eigenvalue weighted by molar-refractivity contribution is 0.0858. The number of carbonyl (C=O) groups is 2. The lowest BCUT2D eigenvalue weighted by atomic mass is 9.95. The van der Waals surface area contributed by atoms with Gasteiger partial charge in [-0.3, -0.25) is 9.59 Å². The molecule has 2 N–H and O–H groups in total. The van der Waals surface area contributed by atoms with Gasteiger partial charge in [-0.05, 0) is 50.7 Å². The monoisotopic (exact) mass is 604 g/mol. The number of benzene rings is 2. The van der Waals surface area contributed by atoms with Crippen molar-refractivity contribution >= 4 is 33.5 Å². The van der Waals surface area contributed by atoms with Crippen molar-refractivity contribution in [2.24, 2.45) is 0 Å². The van der Waals surface area contributed by atoms with E-state index >= 15 is 0 Å². The van der Waals surface area contributed by atoms with E-state index in [9.17, 15) is 29.4 Å². The third-order valence-electron chi connectivity index (χ3n) is 7.85. The molecule has 10 nitrogen and oxygen atoms in total. The van der Waals surface area contributed by atoms with Gasteiger partial charge in [-0.25, -0.2) is 9.59 Å². The summed E-state index contributed by atoms with van der Waals surface area (Å²) in [6.07, 6.45) is 4.95. The molecule has 2 unspecified atom stereocenters. The zero-order valence-corrected chi connectivity index (χ0v) is 25.3. The zero-order valence-electron chi connectivity index (χ0n) is 25.3. The van der Waals surface area contributed by atoms with E-state index in [1.165, 1.54) is 24.3 Å². The van der Waals surface area contributed by atoms with E-state index in [1.807, 2.05) is 13.8 Å². The molecular weight excluding hydrogens is 568 g/mol. The zero-order chi connectivity index (χ0) is 31.7. The van der Waals surface area contributed by atoms with Crippen molar-refractivity contribution in [3.8, 4) is 23.0 Å². The van der Waals surface area contributed by atoms with Crippen LogP contribution in [0.2, 0.25) is 0 Å². The molecule has 2 aromatic carbocycles. The topological polar surface area (TPSA) is 153 Å². The highest BCUT2D eigenvalue weighted by Gasteiger charge is 2.31. The molecule has 10 heteroatoms. The fourth-order valence-corrected chi connectivity index (χ4v) is 5.83. The van der Waals surface area contributed by atoms with Crippen LogP contribution in [0.3, 0.4) is 0 Å². The average molecular weight is 605 g/mol. The third kappa shape index (κ3) is 5.93. The predicted molar refractivity (Wildman–Crippen MR) is 164 cm³/mol. The van der Waals surface area contributed by atoms with Crippen molar-refractivity contribution in [1.29, 1.82) is 0 Å². The first-order valence-corrected chi connectivity index (χ1v) is 15.1. The Bertz CT molecular complexity index is 1860. The van der Waals surface area contributed by atoms with E-state index in [2.05, 4.69) is 0 Å². The van der Waals surface area contributed by atoms with Gasteiger partial charge in [0.2, 0.25) is 0 Å². The van der Waals surface area contributed by atoms with Gasteiger partial charge in [-0.1, -0.05) is 26.7 Å². The first kappa shape index (κ1) is 30.8. The molecule has 4 heterocycles. The number of aromatic hydroxyl groups is 2. The number of ketones is 2. The lowest BCUT2D eigenvalue weighted by Gasteiger charge is -2.23. The Hall–Kier alpha value is -4.60. The maximum atomic E-state index is 12.3. The summed E-state index contributed by atoms with van der Waals surface area (Å²) in [5.41, 5.74) is 1.30. The second kappa shape index (κ2) is 12.6. The lowest BCUT2D eigenvalue weighted by Crippen LogP contribution is -2.24. The Morgan fingerprint density at radius 3 is 1.82 bits per heavy atom. The Morgan fingerprint density at radius 1 is 0.705 bits per heavy atom. The van der Waals surface area contributed by atoms with E-state index in [0.29, 0.717) is 34.7 Å². The molecule has 2 aliphatic heterocycles. The summed E-state index contributed by atoms with van der Waals surface area (Å²) in [4.78, 5) is 48.1. The summed E-state index contributed by atoms with van der Waals surface area (Å²) in [5.74, 6) is 0.120. The maximum Gasteiger partial charge on any atom is 0.336 e. The molecular formula is C34H36O10. The minimum absolute atomic E-state index is 0.0227. The Morgan fingerprint density at radius 2 is 1.23 bits per heavy atom. The molecule has 0 amide bonds. The maximum absolute atomic E-state index is 12.3. The largest absolute Gasteiger partial charge is 0.507 e. The SMILES string of the molecule is CCCCc1cc(=O)oc2c3c(cc(O)c12)OC(C)CC3=O.CCCCc1cc(=O)oc2cc3c(c(O)c12)C(=O)CC(C)O3. The summed E-state index contributed by atoms with van der Waals surface area (Å²) in [5, 5.41) is 21.8. The molecule has 0 fully saturated rings. The number of hydrogen-bond acceptors (Lipinski definition) is 10. The molecule has 232 valence electrons. The van der Waals surface area contributed by atoms with Crippen LogP contribution in [-0.4, -0.2) is 34.0 Å². The van der Waals surface area contributed by atoms with Crippen LogP contribution in [0.25, 0.3) is 21.9 Å². The van der Waals surface area contributed by atoms with Gasteiger partial charge in [0.25, 0.3) is 0 Å². The molecule has 44 heavy (non-hydrogen) atoms. The summed E-state index contributed by atoms with van der Waals surface area (Å²) in [6, 6.07) is 5.76. The van der Waals surface area contributed by atoms with Crippen LogP contribution in [0.15, 0.2) is 42.7 Å². The second-order valence-electron chi connectivity index (χ2n) is 11.4. The molecule has 0 radical (unpaired) electrons. The minimum atomic E-state index is -0.516. The Balaban J connectivity index is 0.000000175. The van der Waals surface area contributed by atoms with Gasteiger partial charge in [0.05, 0.1) is 10.8 Å². The number of hydrogen-bond donors (Lipinski definition) is 2. The first-order valence-electron chi connectivity index (χ1n) is 15.1. The van der Waals surface area contributed by atoms with E-state index < -0.39 is 11.3 Å². The molecule has 0 spiro atoms. The molecule has 2 atom stereocenters. The third-order valence-corrected chi connectivity index (χ3v) is 7.85. The number of carbonyl (C=O) groups excluding carboxylic acids is 2. The van der Waals surface area contributed by atoms with Gasteiger partial charge in [-0.2, -0.15) is 0 Å². The van der Waals surface area contributed by atoms with Crippen molar-refractivity contribution in [2.75, 3.05) is 0 Å². The highest BCUT2D eigenvalue weighted by molar-refractivity contribution is 6.11. The molecule has 0 aliphatic carbocycles. The molecule has 0 bridgehead atoms. The quantitative estimate of drug-likeness (QED) is 0.237. The number of aryl methyl sites for hydroxylation is 2. The molecule has 2 aliphatic rings. The van der Waals surface area contributed by atoms with Crippen molar-refractivity contribution in [3.63, 3.8) is 0 Å². The molecule has 2 aromatic heterocycles. The Kier molecular flexibility index (Phi) is 8.80. The number of ether oxygens (including phenoxy) is 2. The number of Topliss-reactive ketones (excluding diaryl/α,β-unsaturated/α-hetero) is 2. The highest BCUT2D eigenvalue weighted by atomic mass is 16.5. The smallest absolute Gasteiger partial charge is 0.336 e. The fourth-order valence-electron chi connectivity index (χ4n) is 5.83. The van der Waals surface area contributed by atoms with E-state index in [0.717, 1.165) is 25.7 Å². The van der Waals surface area contributed by atoms with Crippen LogP contribution in [0, 0.1) is 0 Å².